The summed E-state index contributed by atoms with van der Waals surface area (Å²) in [5.74, 6) is -2.54. The molecular weight excluding hydrogens is 415 g/mol. The van der Waals surface area contributed by atoms with Crippen molar-refractivity contribution in [3.63, 3.8) is 0 Å². The molecule has 1 aliphatic rings. The van der Waals surface area contributed by atoms with Crippen molar-refractivity contribution in [3.8, 4) is 0 Å². The minimum Gasteiger partial charge on any atom is -0.382 e. The summed E-state index contributed by atoms with van der Waals surface area (Å²) in [7, 11) is 0. The third-order valence-corrected chi connectivity index (χ3v) is 4.88. The number of aromatic nitrogens is 4. The van der Waals surface area contributed by atoms with E-state index < -0.39 is 23.6 Å². The number of nitrogens with zero attached hydrogens (tertiary/aromatic N) is 4. The van der Waals surface area contributed by atoms with Crippen LogP contribution < -0.4 is 22.1 Å². The fourth-order valence-corrected chi connectivity index (χ4v) is 3.31. The molecule has 1 saturated heterocycles. The summed E-state index contributed by atoms with van der Waals surface area (Å²) in [6, 6.07) is 0. The fourth-order valence-electron chi connectivity index (χ4n) is 3.18. The molecule has 0 aromatic carbocycles. The van der Waals surface area contributed by atoms with Gasteiger partial charge in [-0.1, -0.05) is 11.6 Å². The van der Waals surface area contributed by atoms with Crippen LogP contribution in [0.25, 0.3) is 0 Å². The summed E-state index contributed by atoms with van der Waals surface area (Å²) in [5.41, 5.74) is 10.5. The number of ketones is 1. The van der Waals surface area contributed by atoms with E-state index in [0.717, 1.165) is 6.20 Å². The van der Waals surface area contributed by atoms with Crippen molar-refractivity contribution in [1.82, 2.24) is 19.9 Å². The summed E-state index contributed by atoms with van der Waals surface area (Å²) < 4.78 is 39.4. The van der Waals surface area contributed by atoms with Crippen molar-refractivity contribution in [2.45, 2.75) is 25.4 Å². The number of nitrogens with one attached hydrogen (secondary N) is 1. The van der Waals surface area contributed by atoms with E-state index in [1.54, 1.807) is 0 Å². The lowest BCUT2D eigenvalue weighted by atomic mass is 9.96. The van der Waals surface area contributed by atoms with Crippen molar-refractivity contribution in [2.24, 2.45) is 5.92 Å². The number of nitrogen functional groups attached to an aromatic ring is 2. The van der Waals surface area contributed by atoms with Crippen LogP contribution in [0.2, 0.25) is 5.15 Å². The Hall–Kier alpha value is -2.89. The van der Waals surface area contributed by atoms with Gasteiger partial charge >= 0.3 is 11.9 Å². The van der Waals surface area contributed by atoms with Crippen LogP contribution in [0.5, 0.6) is 0 Å². The highest BCUT2D eigenvalue weighted by Gasteiger charge is 2.42. The van der Waals surface area contributed by atoms with Gasteiger partial charge in [-0.2, -0.15) is 18.2 Å². The molecule has 9 nitrogen and oxygen atoms in total. The van der Waals surface area contributed by atoms with Crippen LogP contribution >= 0.6 is 11.6 Å². The number of carbonyl (C=O) groups is 1. The van der Waals surface area contributed by atoms with Crippen LogP contribution in [0.15, 0.2) is 11.0 Å². The minimum atomic E-state index is -4.34. The Morgan fingerprint density at radius 1 is 1.31 bits per heavy atom. The number of hydrogen-bond donors (Lipinski definition) is 3. The van der Waals surface area contributed by atoms with Crippen molar-refractivity contribution in [2.75, 3.05) is 29.5 Å². The molecular formula is C16H17ClF3N7O2. The molecule has 13 heteroatoms. The molecule has 5 N–H and O–H groups in total. The first kappa shape index (κ1) is 20.8. The van der Waals surface area contributed by atoms with Gasteiger partial charge in [-0.25, -0.2) is 14.8 Å². The Labute approximate surface area is 167 Å². The maximum Gasteiger partial charge on any atom is 0.393 e. The number of rotatable bonds is 4. The van der Waals surface area contributed by atoms with Crippen LogP contribution in [-0.4, -0.2) is 45.0 Å². The average molecular weight is 432 g/mol. The number of H-pyrrole nitrogens is 1. The smallest absolute Gasteiger partial charge is 0.382 e. The van der Waals surface area contributed by atoms with E-state index in [-0.39, 0.29) is 53.3 Å². The molecule has 1 atom stereocenters. The number of anilines is 3. The fraction of sp³-hybridized carbons (Fsp3) is 0.438. The van der Waals surface area contributed by atoms with E-state index in [2.05, 4.69) is 19.9 Å². The number of hydrogen-bond acceptors (Lipinski definition) is 8. The second-order valence-electron chi connectivity index (χ2n) is 6.61. The molecule has 0 spiro atoms. The molecule has 29 heavy (non-hydrogen) atoms. The van der Waals surface area contributed by atoms with E-state index in [9.17, 15) is 22.8 Å². The number of aromatic amines is 1. The number of carbonyl (C=O) groups excluding carboxylic acids is 1. The number of piperidine rings is 1. The SMILES string of the molecule is Nc1nc(N)c(C(=O)Cc2[nH]c(=O)ncc2N2CCCC(C(F)(F)F)C2)nc1Cl. The quantitative estimate of drug-likeness (QED) is 0.619. The Balaban J connectivity index is 1.91. The normalized spacial score (nSPS) is 17.4. The highest BCUT2D eigenvalue weighted by molar-refractivity contribution is 6.31. The van der Waals surface area contributed by atoms with Crippen molar-refractivity contribution in [1.29, 1.82) is 0 Å². The molecule has 2 aromatic heterocycles. The zero-order valence-corrected chi connectivity index (χ0v) is 15.7. The van der Waals surface area contributed by atoms with Gasteiger partial charge in [0.15, 0.2) is 28.3 Å². The lowest BCUT2D eigenvalue weighted by Gasteiger charge is -2.35. The number of nitrogens with two attached hydrogens (primary N) is 2. The van der Waals surface area contributed by atoms with Gasteiger partial charge in [0.25, 0.3) is 0 Å². The zero-order valence-electron chi connectivity index (χ0n) is 15.0. The van der Waals surface area contributed by atoms with Gasteiger partial charge < -0.3 is 21.4 Å². The van der Waals surface area contributed by atoms with E-state index in [1.165, 1.54) is 4.90 Å². The first-order valence-electron chi connectivity index (χ1n) is 8.57. The molecule has 3 heterocycles. The van der Waals surface area contributed by atoms with Crippen LogP contribution in [-0.2, 0) is 6.42 Å². The highest BCUT2D eigenvalue weighted by Crippen LogP contribution is 2.35. The standard InChI is InChI=1S/C16H17ClF3N7O2/c17-12-14(22)26-13(21)11(25-12)10(28)4-8-9(5-23-15(29)24-8)27-3-1-2-7(6-27)16(18,19)20/h5,7H,1-4,6H2,(H4,21,22,26)(H,23,24,29). The molecule has 0 saturated carbocycles. The zero-order chi connectivity index (χ0) is 21.3. The third-order valence-electron chi connectivity index (χ3n) is 4.60. The van der Waals surface area contributed by atoms with Crippen molar-refractivity contribution < 1.29 is 18.0 Å². The maximum atomic E-state index is 13.1. The van der Waals surface area contributed by atoms with Gasteiger partial charge in [-0.3, -0.25) is 4.79 Å². The second kappa shape index (κ2) is 7.85. The molecule has 156 valence electrons. The molecule has 1 fully saturated rings. The Morgan fingerprint density at radius 3 is 2.72 bits per heavy atom. The van der Waals surface area contributed by atoms with Gasteiger partial charge in [-0.05, 0) is 12.8 Å². The van der Waals surface area contributed by atoms with Gasteiger partial charge in [0, 0.05) is 13.1 Å². The van der Waals surface area contributed by atoms with E-state index >= 15 is 0 Å². The van der Waals surface area contributed by atoms with Gasteiger partial charge in [0.2, 0.25) is 0 Å². The summed E-state index contributed by atoms with van der Waals surface area (Å²) in [6.45, 7) is 0.0329. The molecule has 1 aliphatic heterocycles. The van der Waals surface area contributed by atoms with E-state index in [4.69, 9.17) is 23.1 Å². The predicted octanol–water partition coefficient (Wildman–Crippen LogP) is 1.58. The van der Waals surface area contributed by atoms with Crippen LogP contribution in [0.1, 0.15) is 29.0 Å². The van der Waals surface area contributed by atoms with Gasteiger partial charge in [-0.15, -0.1) is 0 Å². The highest BCUT2D eigenvalue weighted by atomic mass is 35.5. The summed E-state index contributed by atoms with van der Waals surface area (Å²) in [4.78, 5) is 39.3. The molecule has 0 amide bonds. The van der Waals surface area contributed by atoms with Gasteiger partial charge in [0.1, 0.15) is 0 Å². The first-order chi connectivity index (χ1) is 13.6. The largest absolute Gasteiger partial charge is 0.393 e. The summed E-state index contributed by atoms with van der Waals surface area (Å²) in [6.07, 6.45) is -3.25. The topological polar surface area (TPSA) is 144 Å². The van der Waals surface area contributed by atoms with Crippen molar-refractivity contribution in [3.05, 3.63) is 33.2 Å². The minimum absolute atomic E-state index is 0.0150. The maximum absolute atomic E-state index is 13.1. The molecule has 3 rings (SSSR count). The average Bonchev–Trinajstić information content (AvgIpc) is 2.64. The Bertz CT molecular complexity index is 995. The summed E-state index contributed by atoms with van der Waals surface area (Å²) >= 11 is 5.78. The van der Waals surface area contributed by atoms with Crippen LogP contribution in [0.3, 0.4) is 0 Å². The first-order valence-corrected chi connectivity index (χ1v) is 8.95. The molecule has 1 unspecified atom stereocenters. The van der Waals surface area contributed by atoms with E-state index in [1.807, 2.05) is 0 Å². The molecule has 0 bridgehead atoms. The van der Waals surface area contributed by atoms with Gasteiger partial charge in [0.05, 0.1) is 29.9 Å². The molecule has 2 aromatic rings. The lowest BCUT2D eigenvalue weighted by Crippen LogP contribution is -2.42. The lowest BCUT2D eigenvalue weighted by molar-refractivity contribution is -0.176. The van der Waals surface area contributed by atoms with Crippen LogP contribution in [0, 0.1) is 5.92 Å². The molecule has 0 radical (unpaired) electrons. The second-order valence-corrected chi connectivity index (χ2v) is 6.97. The third kappa shape index (κ3) is 4.58. The molecule has 0 aliphatic carbocycles. The van der Waals surface area contributed by atoms with E-state index in [0.29, 0.717) is 13.0 Å². The number of halogens is 4. The summed E-state index contributed by atoms with van der Waals surface area (Å²) in [5, 5.41) is -0.213. The Morgan fingerprint density at radius 2 is 2.03 bits per heavy atom. The number of alkyl halides is 3. The van der Waals surface area contributed by atoms with Crippen molar-refractivity contribution >= 4 is 34.7 Å². The Kier molecular flexibility index (Phi) is 5.64. The monoisotopic (exact) mass is 431 g/mol. The predicted molar refractivity (Wildman–Crippen MR) is 99.8 cm³/mol. The van der Waals surface area contributed by atoms with Crippen LogP contribution in [0.4, 0.5) is 30.5 Å². The number of Topliss-reactive ketones (excluding diaryl/α,β-unsaturated/α-hetero) is 1.